The highest BCUT2D eigenvalue weighted by Crippen LogP contribution is 2.24. The number of likely N-dealkylation sites (tertiary alicyclic amines) is 1. The predicted molar refractivity (Wildman–Crippen MR) is 90.0 cm³/mol. The summed E-state index contributed by atoms with van der Waals surface area (Å²) >= 11 is 0. The van der Waals surface area contributed by atoms with Gasteiger partial charge in [0.25, 0.3) is 0 Å². The zero-order chi connectivity index (χ0) is 17.6. The maximum atomic E-state index is 12.5. The van der Waals surface area contributed by atoms with Crippen LogP contribution < -0.4 is 0 Å². The number of amides is 1. The number of rotatable bonds is 8. The molecule has 0 radical (unpaired) electrons. The summed E-state index contributed by atoms with van der Waals surface area (Å²) in [5.41, 5.74) is 0.792. The highest BCUT2D eigenvalue weighted by molar-refractivity contribution is 5.86. The molecular weight excluding hydrogens is 294 g/mol. The van der Waals surface area contributed by atoms with E-state index in [1.54, 1.807) is 6.92 Å². The van der Waals surface area contributed by atoms with Crippen molar-refractivity contribution < 1.29 is 19.8 Å². The van der Waals surface area contributed by atoms with E-state index in [1.807, 2.05) is 13.0 Å². The lowest BCUT2D eigenvalue weighted by Gasteiger charge is -2.28. The van der Waals surface area contributed by atoms with Gasteiger partial charge in [-0.25, -0.2) is 4.79 Å². The van der Waals surface area contributed by atoms with E-state index in [4.69, 9.17) is 0 Å². The molecular formula is C18H31NO4. The number of allylic oxidation sites excluding steroid dienone is 1. The summed E-state index contributed by atoms with van der Waals surface area (Å²) in [4.78, 5) is 25.2. The molecule has 1 aliphatic heterocycles. The number of hydrogen-bond donors (Lipinski definition) is 2. The second-order valence-corrected chi connectivity index (χ2v) is 6.79. The number of hydrogen-bond acceptors (Lipinski definition) is 3. The molecule has 0 spiro atoms. The van der Waals surface area contributed by atoms with E-state index in [0.29, 0.717) is 25.3 Å². The molecule has 0 aromatic rings. The van der Waals surface area contributed by atoms with Crippen molar-refractivity contribution in [1.29, 1.82) is 0 Å². The van der Waals surface area contributed by atoms with Crippen molar-refractivity contribution in [1.82, 2.24) is 4.90 Å². The van der Waals surface area contributed by atoms with Crippen LogP contribution in [0.5, 0.6) is 0 Å². The van der Waals surface area contributed by atoms with E-state index in [9.17, 15) is 19.8 Å². The van der Waals surface area contributed by atoms with E-state index in [0.717, 1.165) is 24.8 Å². The molecule has 5 heteroatoms. The molecule has 1 rings (SSSR count). The first-order valence-corrected chi connectivity index (χ1v) is 8.69. The molecule has 4 unspecified atom stereocenters. The maximum Gasteiger partial charge on any atom is 0.326 e. The van der Waals surface area contributed by atoms with Crippen LogP contribution in [-0.2, 0) is 9.59 Å². The number of carboxylic acid groups (broad SMARTS) is 1. The van der Waals surface area contributed by atoms with Gasteiger partial charge in [0.15, 0.2) is 0 Å². The summed E-state index contributed by atoms with van der Waals surface area (Å²) in [6, 6.07) is -0.745. The Bertz CT molecular complexity index is 446. The van der Waals surface area contributed by atoms with Gasteiger partial charge in [-0.1, -0.05) is 39.7 Å². The summed E-state index contributed by atoms with van der Waals surface area (Å²) < 4.78 is 0. The SMILES string of the molecule is CCCCC(C)C=C(C)C(O)C(C)C(=O)N1CCCC1C(=O)O. The minimum Gasteiger partial charge on any atom is -0.480 e. The third-order valence-electron chi connectivity index (χ3n) is 4.71. The molecule has 1 amide bonds. The monoisotopic (exact) mass is 325 g/mol. The molecule has 0 aromatic heterocycles. The van der Waals surface area contributed by atoms with E-state index in [1.165, 1.54) is 4.90 Å². The highest BCUT2D eigenvalue weighted by Gasteiger charge is 2.37. The van der Waals surface area contributed by atoms with Crippen LogP contribution in [0.2, 0.25) is 0 Å². The van der Waals surface area contributed by atoms with Crippen LogP contribution in [0.1, 0.15) is 59.8 Å². The molecule has 0 aromatic carbocycles. The van der Waals surface area contributed by atoms with Gasteiger partial charge in [0.05, 0.1) is 12.0 Å². The van der Waals surface area contributed by atoms with Gasteiger partial charge in [0.1, 0.15) is 6.04 Å². The summed E-state index contributed by atoms with van der Waals surface area (Å²) in [5, 5.41) is 19.6. The highest BCUT2D eigenvalue weighted by atomic mass is 16.4. The number of carboxylic acids is 1. The summed E-state index contributed by atoms with van der Waals surface area (Å²) in [5.74, 6) is -1.48. The van der Waals surface area contributed by atoms with Crippen LogP contribution in [0.4, 0.5) is 0 Å². The third-order valence-corrected chi connectivity index (χ3v) is 4.71. The van der Waals surface area contributed by atoms with Crippen molar-refractivity contribution in [2.24, 2.45) is 11.8 Å². The molecule has 5 nitrogen and oxygen atoms in total. The smallest absolute Gasteiger partial charge is 0.326 e. The standard InChI is InChI=1S/C18H31NO4/c1-5-6-8-12(2)11-13(3)16(20)14(4)17(21)19-10-7-9-15(19)18(22)23/h11-12,14-16,20H,5-10H2,1-4H3,(H,22,23). The van der Waals surface area contributed by atoms with Gasteiger partial charge in [0, 0.05) is 6.54 Å². The number of carbonyl (C=O) groups excluding carboxylic acids is 1. The lowest BCUT2D eigenvalue weighted by atomic mass is 9.93. The first kappa shape index (κ1) is 19.7. The van der Waals surface area contributed by atoms with Gasteiger partial charge in [-0.05, 0) is 37.7 Å². The number of aliphatic hydroxyl groups is 1. The van der Waals surface area contributed by atoms with Gasteiger partial charge in [-0.3, -0.25) is 4.79 Å². The summed E-state index contributed by atoms with van der Waals surface area (Å²) in [6.45, 7) is 8.24. The number of aliphatic carboxylic acids is 1. The fourth-order valence-electron chi connectivity index (χ4n) is 3.23. The van der Waals surface area contributed by atoms with Crippen LogP contribution in [0, 0.1) is 11.8 Å². The Hall–Kier alpha value is -1.36. The number of aliphatic hydroxyl groups excluding tert-OH is 1. The molecule has 0 aliphatic carbocycles. The average molecular weight is 325 g/mol. The average Bonchev–Trinajstić information content (AvgIpc) is 3.00. The molecule has 1 saturated heterocycles. The first-order chi connectivity index (χ1) is 10.8. The molecule has 1 aliphatic rings. The van der Waals surface area contributed by atoms with Crippen LogP contribution in [0.3, 0.4) is 0 Å². The van der Waals surface area contributed by atoms with Gasteiger partial charge < -0.3 is 15.1 Å². The van der Waals surface area contributed by atoms with Crippen molar-refractivity contribution in [2.75, 3.05) is 6.54 Å². The Morgan fingerprint density at radius 2 is 2.00 bits per heavy atom. The second kappa shape index (κ2) is 9.06. The van der Waals surface area contributed by atoms with Gasteiger partial charge in [0.2, 0.25) is 5.91 Å². The summed E-state index contributed by atoms with van der Waals surface area (Å²) in [6.07, 6.45) is 5.71. The van der Waals surface area contributed by atoms with E-state index < -0.39 is 24.0 Å². The van der Waals surface area contributed by atoms with Crippen molar-refractivity contribution >= 4 is 11.9 Å². The lowest BCUT2D eigenvalue weighted by molar-refractivity contribution is -0.150. The van der Waals surface area contributed by atoms with Crippen molar-refractivity contribution in [3.8, 4) is 0 Å². The Labute approximate surface area is 139 Å². The minimum absolute atomic E-state index is 0.267. The van der Waals surface area contributed by atoms with E-state index >= 15 is 0 Å². The van der Waals surface area contributed by atoms with Crippen LogP contribution >= 0.6 is 0 Å². The zero-order valence-electron chi connectivity index (χ0n) is 14.8. The molecule has 2 N–H and O–H groups in total. The number of carbonyl (C=O) groups is 2. The van der Waals surface area contributed by atoms with E-state index in [2.05, 4.69) is 13.8 Å². The van der Waals surface area contributed by atoms with Crippen molar-refractivity contribution in [2.45, 2.75) is 71.9 Å². The number of unbranched alkanes of at least 4 members (excludes halogenated alkanes) is 1. The quantitative estimate of drug-likeness (QED) is 0.673. The van der Waals surface area contributed by atoms with E-state index in [-0.39, 0.29) is 5.91 Å². The Kier molecular flexibility index (Phi) is 7.76. The fourth-order valence-corrected chi connectivity index (χ4v) is 3.23. The number of nitrogens with zero attached hydrogens (tertiary/aromatic N) is 1. The van der Waals surface area contributed by atoms with Gasteiger partial charge in [-0.15, -0.1) is 0 Å². The Morgan fingerprint density at radius 1 is 1.35 bits per heavy atom. The topological polar surface area (TPSA) is 77.8 Å². The van der Waals surface area contributed by atoms with Gasteiger partial charge in [-0.2, -0.15) is 0 Å². The molecule has 0 saturated carbocycles. The predicted octanol–water partition coefficient (Wildman–Crippen LogP) is 2.83. The Balaban J connectivity index is 2.71. The molecule has 23 heavy (non-hydrogen) atoms. The lowest BCUT2D eigenvalue weighted by Crippen LogP contribution is -2.45. The van der Waals surface area contributed by atoms with Crippen LogP contribution in [0.25, 0.3) is 0 Å². The maximum absolute atomic E-state index is 12.5. The van der Waals surface area contributed by atoms with Gasteiger partial charge >= 0.3 is 5.97 Å². The molecule has 1 fully saturated rings. The second-order valence-electron chi connectivity index (χ2n) is 6.79. The normalized spacial score (nSPS) is 22.7. The molecule has 132 valence electrons. The zero-order valence-corrected chi connectivity index (χ0v) is 14.8. The fraction of sp³-hybridized carbons (Fsp3) is 0.778. The first-order valence-electron chi connectivity index (χ1n) is 8.69. The van der Waals surface area contributed by atoms with Crippen molar-refractivity contribution in [3.63, 3.8) is 0 Å². The minimum atomic E-state index is -0.960. The van der Waals surface area contributed by atoms with Crippen LogP contribution in [-0.4, -0.2) is 45.7 Å². The largest absolute Gasteiger partial charge is 0.480 e. The molecule has 4 atom stereocenters. The Morgan fingerprint density at radius 3 is 2.57 bits per heavy atom. The molecule has 1 heterocycles. The summed E-state index contributed by atoms with van der Waals surface area (Å²) in [7, 11) is 0. The third kappa shape index (κ3) is 5.34. The van der Waals surface area contributed by atoms with Crippen LogP contribution in [0.15, 0.2) is 11.6 Å². The molecule has 0 bridgehead atoms. The van der Waals surface area contributed by atoms with Crippen molar-refractivity contribution in [3.05, 3.63) is 11.6 Å².